The average molecular weight is 365 g/mol. The zero-order valence-corrected chi connectivity index (χ0v) is 12.8. The van der Waals surface area contributed by atoms with Gasteiger partial charge in [-0.3, -0.25) is 0 Å². The first-order chi connectivity index (χ1) is 8.17. The first-order valence-corrected chi connectivity index (χ1v) is 7.38. The topological polar surface area (TPSA) is 38.3 Å². The van der Waals surface area contributed by atoms with E-state index in [4.69, 9.17) is 4.74 Å². The monoisotopic (exact) mass is 363 g/mol. The maximum absolute atomic E-state index is 11.2. The number of amides is 1. The number of rotatable bonds is 5. The van der Waals surface area contributed by atoms with Gasteiger partial charge in [-0.25, -0.2) is 4.79 Å². The minimum absolute atomic E-state index is 0.426. The Morgan fingerprint density at radius 3 is 2.82 bits per heavy atom. The Balaban J connectivity index is 2.67. The molecule has 0 radical (unpaired) electrons. The molecule has 0 fully saturated rings. The summed E-state index contributed by atoms with van der Waals surface area (Å²) in [7, 11) is 1.55. The molecule has 17 heavy (non-hydrogen) atoms. The second kappa shape index (κ2) is 7.71. The molecule has 0 aliphatic heterocycles. The van der Waals surface area contributed by atoms with Crippen LogP contribution in [0.4, 0.5) is 4.79 Å². The third-order valence-corrected chi connectivity index (χ3v) is 4.71. The van der Waals surface area contributed by atoms with Crippen LogP contribution in [0.25, 0.3) is 0 Å². The van der Waals surface area contributed by atoms with Crippen molar-refractivity contribution in [2.75, 3.05) is 12.4 Å². The molecule has 5 heteroatoms. The van der Waals surface area contributed by atoms with Gasteiger partial charge >= 0.3 is 6.09 Å². The summed E-state index contributed by atoms with van der Waals surface area (Å²) < 4.78 is 5.18. The van der Waals surface area contributed by atoms with Gasteiger partial charge in [-0.1, -0.05) is 50.1 Å². The number of hydrogen-bond donors (Lipinski definition) is 1. The fourth-order valence-electron chi connectivity index (χ4n) is 1.35. The molecule has 0 aliphatic rings. The Morgan fingerprint density at radius 2 is 2.18 bits per heavy atom. The molecule has 94 valence electrons. The van der Waals surface area contributed by atoms with E-state index < -0.39 is 6.09 Å². The van der Waals surface area contributed by atoms with Gasteiger partial charge < -0.3 is 10.1 Å². The summed E-state index contributed by atoms with van der Waals surface area (Å²) in [6.45, 7) is 0. The largest absolute Gasteiger partial charge is 0.412 e. The van der Waals surface area contributed by atoms with Crippen molar-refractivity contribution < 1.29 is 9.53 Å². The van der Waals surface area contributed by atoms with E-state index in [1.54, 1.807) is 7.05 Å². The van der Waals surface area contributed by atoms with Crippen molar-refractivity contribution in [1.82, 2.24) is 5.32 Å². The molecule has 1 aromatic carbocycles. The summed E-state index contributed by atoms with van der Waals surface area (Å²) in [6.07, 6.45) is 1.42. The number of hydrogen-bond acceptors (Lipinski definition) is 2. The van der Waals surface area contributed by atoms with Gasteiger partial charge in [0.25, 0.3) is 0 Å². The lowest BCUT2D eigenvalue weighted by Gasteiger charge is -2.10. The minimum atomic E-state index is -0.437. The van der Waals surface area contributed by atoms with E-state index in [-0.39, 0.29) is 0 Å². The van der Waals surface area contributed by atoms with Crippen LogP contribution in [0.5, 0.6) is 5.75 Å². The van der Waals surface area contributed by atoms with Crippen LogP contribution >= 0.6 is 31.9 Å². The summed E-state index contributed by atoms with van der Waals surface area (Å²) in [4.78, 5) is 11.6. The standard InChI is InChI=1S/C12H15Br2NO2/c1-15-12(16)17-11-5-3-2-4-9(11)6-7-10(14)8-13/h2-5,10H,6-8H2,1H3,(H,15,16). The summed E-state index contributed by atoms with van der Waals surface area (Å²) in [5.41, 5.74) is 1.04. The number of benzene rings is 1. The molecule has 1 N–H and O–H groups in total. The molecule has 0 aliphatic carbocycles. The minimum Gasteiger partial charge on any atom is -0.410 e. The molecule has 0 saturated carbocycles. The van der Waals surface area contributed by atoms with Crippen LogP contribution in [0.1, 0.15) is 12.0 Å². The van der Waals surface area contributed by atoms with Crippen molar-refractivity contribution in [2.24, 2.45) is 0 Å². The predicted molar refractivity (Wildman–Crippen MR) is 76.4 cm³/mol. The first-order valence-electron chi connectivity index (χ1n) is 5.35. The van der Waals surface area contributed by atoms with Crippen molar-refractivity contribution in [3.8, 4) is 5.75 Å². The van der Waals surface area contributed by atoms with Gasteiger partial charge in [-0.05, 0) is 24.5 Å². The zero-order chi connectivity index (χ0) is 12.7. The number of carbonyl (C=O) groups is 1. The van der Waals surface area contributed by atoms with Crippen molar-refractivity contribution in [3.05, 3.63) is 29.8 Å². The molecular weight excluding hydrogens is 350 g/mol. The molecule has 0 bridgehead atoms. The molecule has 0 aromatic heterocycles. The van der Waals surface area contributed by atoms with Crippen LogP contribution < -0.4 is 10.1 Å². The second-order valence-electron chi connectivity index (χ2n) is 3.54. The Labute approximate surface area is 118 Å². The Morgan fingerprint density at radius 1 is 1.47 bits per heavy atom. The molecule has 0 heterocycles. The smallest absolute Gasteiger partial charge is 0.410 e. The SMILES string of the molecule is CNC(=O)Oc1ccccc1CCC(Br)CBr. The number of para-hydroxylation sites is 1. The zero-order valence-electron chi connectivity index (χ0n) is 9.58. The van der Waals surface area contributed by atoms with E-state index in [1.165, 1.54) is 0 Å². The number of aryl methyl sites for hydroxylation is 1. The van der Waals surface area contributed by atoms with E-state index in [9.17, 15) is 4.79 Å². The van der Waals surface area contributed by atoms with Gasteiger partial charge in [-0.15, -0.1) is 0 Å². The third-order valence-electron chi connectivity index (χ3n) is 2.27. The summed E-state index contributed by atoms with van der Waals surface area (Å²) in [5, 5.41) is 3.35. The number of halogens is 2. The Kier molecular flexibility index (Phi) is 6.58. The molecule has 1 rings (SSSR count). The maximum atomic E-state index is 11.2. The fourth-order valence-corrected chi connectivity index (χ4v) is 1.90. The molecule has 0 spiro atoms. The van der Waals surface area contributed by atoms with Gasteiger partial charge in [0.05, 0.1) is 0 Å². The average Bonchev–Trinajstić information content (AvgIpc) is 2.37. The molecule has 3 nitrogen and oxygen atoms in total. The highest BCUT2D eigenvalue weighted by Gasteiger charge is 2.09. The maximum Gasteiger partial charge on any atom is 0.412 e. The van der Waals surface area contributed by atoms with Crippen LogP contribution in [0.2, 0.25) is 0 Å². The van der Waals surface area contributed by atoms with E-state index in [0.29, 0.717) is 10.6 Å². The number of carbonyl (C=O) groups excluding carboxylic acids is 1. The molecular formula is C12H15Br2NO2. The lowest BCUT2D eigenvalue weighted by Crippen LogP contribution is -2.22. The number of ether oxygens (including phenoxy) is 1. The van der Waals surface area contributed by atoms with E-state index in [0.717, 1.165) is 23.7 Å². The van der Waals surface area contributed by atoms with Gasteiger partial charge in [-0.2, -0.15) is 0 Å². The summed E-state index contributed by atoms with van der Waals surface area (Å²) in [6, 6.07) is 7.59. The van der Waals surface area contributed by atoms with Gasteiger partial charge in [0.2, 0.25) is 0 Å². The van der Waals surface area contributed by atoms with E-state index >= 15 is 0 Å². The predicted octanol–water partition coefficient (Wildman–Crippen LogP) is 3.50. The van der Waals surface area contributed by atoms with Crippen LogP contribution in [0, 0.1) is 0 Å². The highest BCUT2D eigenvalue weighted by molar-refractivity contribution is 9.12. The van der Waals surface area contributed by atoms with E-state index in [1.807, 2.05) is 24.3 Å². The third kappa shape index (κ3) is 5.08. The van der Waals surface area contributed by atoms with Gasteiger partial charge in [0.15, 0.2) is 0 Å². The van der Waals surface area contributed by atoms with Gasteiger partial charge in [0.1, 0.15) is 5.75 Å². The molecule has 0 saturated heterocycles. The van der Waals surface area contributed by atoms with Crippen LogP contribution in [0.15, 0.2) is 24.3 Å². The highest BCUT2D eigenvalue weighted by atomic mass is 79.9. The Hall–Kier alpha value is -0.550. The van der Waals surface area contributed by atoms with Crippen LogP contribution in [-0.2, 0) is 6.42 Å². The quantitative estimate of drug-likeness (QED) is 0.812. The van der Waals surface area contributed by atoms with Crippen LogP contribution in [0.3, 0.4) is 0 Å². The van der Waals surface area contributed by atoms with Crippen molar-refractivity contribution in [1.29, 1.82) is 0 Å². The molecule has 1 unspecified atom stereocenters. The fraction of sp³-hybridized carbons (Fsp3) is 0.417. The second-order valence-corrected chi connectivity index (χ2v) is 5.48. The molecule has 1 aromatic rings. The molecule has 1 atom stereocenters. The lowest BCUT2D eigenvalue weighted by atomic mass is 10.1. The van der Waals surface area contributed by atoms with Crippen molar-refractivity contribution in [3.63, 3.8) is 0 Å². The first kappa shape index (κ1) is 14.5. The highest BCUT2D eigenvalue weighted by Crippen LogP contribution is 2.22. The summed E-state index contributed by atoms with van der Waals surface area (Å²) in [5.74, 6) is 0.626. The van der Waals surface area contributed by atoms with Crippen molar-refractivity contribution in [2.45, 2.75) is 17.7 Å². The summed E-state index contributed by atoms with van der Waals surface area (Å²) >= 11 is 6.97. The Bertz CT molecular complexity index is 371. The van der Waals surface area contributed by atoms with Gasteiger partial charge in [0, 0.05) is 17.2 Å². The van der Waals surface area contributed by atoms with Crippen LogP contribution in [-0.4, -0.2) is 23.3 Å². The number of alkyl halides is 2. The number of nitrogens with one attached hydrogen (secondary N) is 1. The lowest BCUT2D eigenvalue weighted by molar-refractivity contribution is 0.202. The normalized spacial score (nSPS) is 11.9. The van der Waals surface area contributed by atoms with E-state index in [2.05, 4.69) is 37.2 Å². The molecule has 1 amide bonds. The van der Waals surface area contributed by atoms with Crippen molar-refractivity contribution >= 4 is 38.0 Å².